The molecule has 452 valence electrons. The zero-order chi connectivity index (χ0) is 57.0. The van der Waals surface area contributed by atoms with Gasteiger partial charge in [-0.2, -0.15) is 0 Å². The Bertz CT molecular complexity index is 1590. The molecule has 2 unspecified atom stereocenters. The van der Waals surface area contributed by atoms with E-state index in [-0.39, 0.29) is 32.0 Å². The number of quaternary nitrogens is 1. The van der Waals surface area contributed by atoms with Crippen LogP contribution in [0.5, 0.6) is 0 Å². The summed E-state index contributed by atoms with van der Waals surface area (Å²) in [5.74, 6) is -0.849. The Morgan fingerprint density at radius 2 is 0.731 bits per heavy atom. The number of likely N-dealkylation sites (N-methyl/N-ethyl adjacent to an activating group) is 1. The topological polar surface area (TPSA) is 111 Å². The Morgan fingerprint density at radius 3 is 1.09 bits per heavy atom. The number of hydrogen-bond acceptors (Lipinski definition) is 8. The fourth-order valence-electron chi connectivity index (χ4n) is 8.99. The third-order valence-corrected chi connectivity index (χ3v) is 14.9. The number of carbonyl (C=O) groups excluding carboxylic acids is 2. The number of allylic oxidation sites excluding steroid dienone is 14. The van der Waals surface area contributed by atoms with Crippen molar-refractivity contribution in [1.29, 1.82) is 0 Å². The highest BCUT2D eigenvalue weighted by molar-refractivity contribution is 7.45. The molecule has 10 heteroatoms. The molecule has 0 aliphatic heterocycles. The van der Waals surface area contributed by atoms with Gasteiger partial charge < -0.3 is 27.9 Å². The molecule has 0 N–H and O–H groups in total. The Labute approximate surface area is 481 Å². The van der Waals surface area contributed by atoms with Crippen molar-refractivity contribution in [3.05, 3.63) is 85.1 Å². The van der Waals surface area contributed by atoms with Crippen LogP contribution in [0.1, 0.15) is 284 Å². The van der Waals surface area contributed by atoms with Crippen LogP contribution >= 0.6 is 7.82 Å². The second kappa shape index (κ2) is 58.8. The molecule has 0 amide bonds. The first kappa shape index (κ1) is 75.2. The van der Waals surface area contributed by atoms with Gasteiger partial charge in [0.15, 0.2) is 6.10 Å². The zero-order valence-electron chi connectivity index (χ0n) is 51.3. The minimum absolute atomic E-state index is 0.0377. The molecule has 0 aliphatic rings. The lowest BCUT2D eigenvalue weighted by atomic mass is 10.0. The summed E-state index contributed by atoms with van der Waals surface area (Å²) >= 11 is 0. The summed E-state index contributed by atoms with van der Waals surface area (Å²) in [7, 11) is 1.15. The summed E-state index contributed by atoms with van der Waals surface area (Å²) in [4.78, 5) is 38.0. The van der Waals surface area contributed by atoms with Crippen LogP contribution in [-0.4, -0.2) is 70.0 Å². The van der Waals surface area contributed by atoms with E-state index in [1.54, 1.807) is 0 Å². The number of carbonyl (C=O) groups is 2. The lowest BCUT2D eigenvalue weighted by Crippen LogP contribution is -2.37. The maximum Gasteiger partial charge on any atom is 0.306 e. The molecule has 0 fully saturated rings. The fraction of sp³-hybridized carbons (Fsp3) is 0.765. The second-order valence-electron chi connectivity index (χ2n) is 22.8. The third-order valence-electron chi connectivity index (χ3n) is 13.9. The average molecular weight is 1110 g/mol. The maximum atomic E-state index is 12.8. The smallest absolute Gasteiger partial charge is 0.306 e. The number of rotatable bonds is 59. The van der Waals surface area contributed by atoms with E-state index in [2.05, 4.69) is 98.9 Å². The van der Waals surface area contributed by atoms with Gasteiger partial charge in [-0.15, -0.1) is 0 Å². The molecule has 0 saturated carbocycles. The molecule has 0 rings (SSSR count). The second-order valence-corrected chi connectivity index (χ2v) is 24.2. The van der Waals surface area contributed by atoms with Crippen LogP contribution in [0.15, 0.2) is 85.1 Å². The molecule has 0 bridgehead atoms. The van der Waals surface area contributed by atoms with Crippen molar-refractivity contribution in [2.75, 3.05) is 47.5 Å². The maximum absolute atomic E-state index is 12.8. The summed E-state index contributed by atoms with van der Waals surface area (Å²) < 4.78 is 34.2. The van der Waals surface area contributed by atoms with Crippen molar-refractivity contribution >= 4 is 19.8 Å². The predicted octanol–water partition coefficient (Wildman–Crippen LogP) is 20.0. The van der Waals surface area contributed by atoms with E-state index < -0.39 is 26.5 Å². The van der Waals surface area contributed by atoms with Gasteiger partial charge in [0.05, 0.1) is 27.7 Å². The summed E-state index contributed by atoms with van der Waals surface area (Å²) in [5.41, 5.74) is 0. The molecule has 0 aromatic heterocycles. The number of nitrogens with zero attached hydrogens (tertiary/aromatic N) is 1. The molecular formula is C68H122NO8P. The Balaban J connectivity index is 4.15. The summed E-state index contributed by atoms with van der Waals surface area (Å²) in [5, 5.41) is 0. The van der Waals surface area contributed by atoms with Crippen LogP contribution in [-0.2, 0) is 32.7 Å². The van der Waals surface area contributed by atoms with Crippen LogP contribution in [0.25, 0.3) is 0 Å². The standard InChI is InChI=1S/C68H122NO8P/c1-6-8-10-12-14-16-18-20-22-24-26-28-30-32-34-36-38-40-42-44-46-48-50-52-54-56-58-60-67(70)74-64-66(65-76-78(72,73)75-63-62-69(3,4)5)77-68(71)61-59-57-55-53-51-49-47-45-43-41-39-37-35-33-31-29-27-25-23-21-19-17-15-13-11-9-7-2/h9,11,15,17,21,23,27,29,33,35,39,41,45,47,66H,6-8,10,12-14,16,18-20,22,24-26,28,30-32,34,36-38,40,42-44,46,48-65H2,1-5H3/b11-9-,17-15-,23-21-,29-27-,35-33-,41-39-,47-45-. The quantitative estimate of drug-likeness (QED) is 0.0195. The van der Waals surface area contributed by atoms with Crippen LogP contribution in [0.4, 0.5) is 0 Å². The summed E-state index contributed by atoms with van der Waals surface area (Å²) in [6, 6.07) is 0. The van der Waals surface area contributed by atoms with E-state index in [1.165, 1.54) is 154 Å². The summed E-state index contributed by atoms with van der Waals surface area (Å²) in [6.45, 7) is 4.13. The molecule has 0 saturated heterocycles. The van der Waals surface area contributed by atoms with E-state index in [1.807, 2.05) is 21.1 Å². The van der Waals surface area contributed by atoms with E-state index in [0.29, 0.717) is 17.4 Å². The largest absolute Gasteiger partial charge is 0.756 e. The number of ether oxygens (including phenoxy) is 2. The van der Waals surface area contributed by atoms with Crippen LogP contribution < -0.4 is 4.89 Å². The number of unbranched alkanes of at least 4 members (excludes halogenated alkanes) is 31. The molecular weight excluding hydrogens is 990 g/mol. The van der Waals surface area contributed by atoms with Crippen molar-refractivity contribution in [2.45, 2.75) is 290 Å². The molecule has 2 atom stereocenters. The highest BCUT2D eigenvalue weighted by atomic mass is 31.2. The lowest BCUT2D eigenvalue weighted by molar-refractivity contribution is -0.870. The van der Waals surface area contributed by atoms with Crippen molar-refractivity contribution in [1.82, 2.24) is 0 Å². The molecule has 0 radical (unpaired) electrons. The normalized spacial score (nSPS) is 13.8. The summed E-state index contributed by atoms with van der Waals surface area (Å²) in [6.07, 6.45) is 79.3. The van der Waals surface area contributed by atoms with Crippen LogP contribution in [0, 0.1) is 0 Å². The van der Waals surface area contributed by atoms with E-state index in [9.17, 15) is 19.0 Å². The van der Waals surface area contributed by atoms with Gasteiger partial charge in [-0.1, -0.05) is 285 Å². The van der Waals surface area contributed by atoms with Gasteiger partial charge in [0.25, 0.3) is 7.82 Å². The highest BCUT2D eigenvalue weighted by Gasteiger charge is 2.22. The highest BCUT2D eigenvalue weighted by Crippen LogP contribution is 2.38. The van der Waals surface area contributed by atoms with Crippen LogP contribution in [0.2, 0.25) is 0 Å². The molecule has 78 heavy (non-hydrogen) atoms. The first-order chi connectivity index (χ1) is 38.0. The minimum atomic E-state index is -4.65. The monoisotopic (exact) mass is 1110 g/mol. The van der Waals surface area contributed by atoms with Gasteiger partial charge in [-0.25, -0.2) is 0 Å². The molecule has 0 aliphatic carbocycles. The fourth-order valence-corrected chi connectivity index (χ4v) is 9.72. The van der Waals surface area contributed by atoms with Crippen molar-refractivity contribution in [2.24, 2.45) is 0 Å². The van der Waals surface area contributed by atoms with Crippen molar-refractivity contribution < 1.29 is 42.1 Å². The number of phosphoric acid groups is 1. The minimum Gasteiger partial charge on any atom is -0.756 e. The van der Waals surface area contributed by atoms with Gasteiger partial charge in [0.1, 0.15) is 19.8 Å². The van der Waals surface area contributed by atoms with E-state index >= 15 is 0 Å². The van der Waals surface area contributed by atoms with Gasteiger partial charge in [-0.3, -0.25) is 14.2 Å². The van der Waals surface area contributed by atoms with Crippen molar-refractivity contribution in [3.8, 4) is 0 Å². The van der Waals surface area contributed by atoms with Crippen LogP contribution in [0.3, 0.4) is 0 Å². The molecule has 0 aromatic rings. The number of esters is 2. The van der Waals surface area contributed by atoms with Gasteiger partial charge in [0, 0.05) is 12.8 Å². The van der Waals surface area contributed by atoms with E-state index in [0.717, 1.165) is 96.3 Å². The van der Waals surface area contributed by atoms with Gasteiger partial charge >= 0.3 is 11.9 Å². The first-order valence-electron chi connectivity index (χ1n) is 32.3. The van der Waals surface area contributed by atoms with Gasteiger partial charge in [0.2, 0.25) is 0 Å². The third kappa shape index (κ3) is 62.4. The molecule has 9 nitrogen and oxygen atoms in total. The Morgan fingerprint density at radius 1 is 0.410 bits per heavy atom. The molecule has 0 heterocycles. The lowest BCUT2D eigenvalue weighted by Gasteiger charge is -2.28. The number of hydrogen-bond donors (Lipinski definition) is 0. The predicted molar refractivity (Wildman–Crippen MR) is 332 cm³/mol. The Hall–Kier alpha value is -2.81. The van der Waals surface area contributed by atoms with Crippen molar-refractivity contribution in [3.63, 3.8) is 0 Å². The van der Waals surface area contributed by atoms with Gasteiger partial charge in [-0.05, 0) is 70.6 Å². The number of phosphoric ester groups is 1. The molecule has 0 aromatic carbocycles. The van der Waals surface area contributed by atoms with E-state index in [4.69, 9.17) is 18.5 Å². The Kier molecular flexibility index (Phi) is 56.7. The average Bonchev–Trinajstić information content (AvgIpc) is 3.41. The SMILES string of the molecule is CC/C=C\C/C=C\C/C=C\C/C=C\C/C=C\C/C=C\C/C=C\CCCCCCCC(=O)OC(COC(=O)CCCCCCCCCCCCCCCCCCCCCCCCCCCCC)COP(=O)([O-])OCC[N+](C)(C)C. The molecule has 0 spiro atoms. The first-order valence-corrected chi connectivity index (χ1v) is 33.8. The zero-order valence-corrected chi connectivity index (χ0v) is 52.2.